The second-order valence-electron chi connectivity index (χ2n) is 7.92. The highest BCUT2D eigenvalue weighted by Gasteiger charge is 2.36. The number of anilines is 1. The van der Waals surface area contributed by atoms with Crippen molar-refractivity contribution in [1.82, 2.24) is 4.90 Å². The van der Waals surface area contributed by atoms with Crippen LogP contribution in [0.25, 0.3) is 0 Å². The number of ketones is 1. The quantitative estimate of drug-likeness (QED) is 0.480. The third-order valence-electron chi connectivity index (χ3n) is 5.85. The summed E-state index contributed by atoms with van der Waals surface area (Å²) < 4.78 is 53.0. The van der Waals surface area contributed by atoms with Crippen molar-refractivity contribution in [2.75, 3.05) is 32.0 Å². The van der Waals surface area contributed by atoms with E-state index in [1.807, 2.05) is 0 Å². The third-order valence-corrected chi connectivity index (χ3v) is 5.85. The van der Waals surface area contributed by atoms with E-state index in [1.54, 1.807) is 13.1 Å². The van der Waals surface area contributed by atoms with Gasteiger partial charge in [-0.1, -0.05) is 12.1 Å². The molecule has 1 saturated heterocycles. The van der Waals surface area contributed by atoms with Crippen LogP contribution in [0.4, 0.5) is 23.2 Å². The van der Waals surface area contributed by atoms with Crippen LogP contribution in [0, 0.1) is 5.82 Å². The summed E-state index contributed by atoms with van der Waals surface area (Å²) >= 11 is 0. The first-order valence-electron chi connectivity index (χ1n) is 10.3. The lowest BCUT2D eigenvalue weighted by atomic mass is 9.83. The zero-order chi connectivity index (χ0) is 22.6. The molecule has 1 fully saturated rings. The molecule has 2 N–H and O–H groups in total. The first-order valence-corrected chi connectivity index (χ1v) is 10.3. The monoisotopic (exact) mass is 438 g/mol. The molecule has 0 radical (unpaired) electrons. The van der Waals surface area contributed by atoms with Crippen LogP contribution in [-0.2, 0) is 11.8 Å². The number of likely N-dealkylation sites (tertiary alicyclic amines) is 1. The van der Waals surface area contributed by atoms with Crippen LogP contribution < -0.4 is 5.32 Å². The number of carbonyl (C=O) groups excluding carboxylic acids is 1. The molecule has 3 rings (SSSR count). The number of Topliss-reactive ketones (excluding diaryl/α,β-unsaturated/α-hetero) is 1. The molecule has 0 spiro atoms. The van der Waals surface area contributed by atoms with Gasteiger partial charge in [0.15, 0.2) is 5.78 Å². The molecule has 0 bridgehead atoms. The molecule has 0 unspecified atom stereocenters. The van der Waals surface area contributed by atoms with E-state index in [0.717, 1.165) is 12.1 Å². The van der Waals surface area contributed by atoms with Gasteiger partial charge in [-0.05, 0) is 61.7 Å². The molecule has 0 amide bonds. The predicted octanol–water partition coefficient (Wildman–Crippen LogP) is 4.83. The van der Waals surface area contributed by atoms with E-state index in [-0.39, 0.29) is 23.3 Å². The highest BCUT2D eigenvalue weighted by atomic mass is 19.4. The molecule has 31 heavy (non-hydrogen) atoms. The van der Waals surface area contributed by atoms with Crippen molar-refractivity contribution in [1.29, 1.82) is 0 Å². The van der Waals surface area contributed by atoms with Crippen LogP contribution in [0.5, 0.6) is 0 Å². The average Bonchev–Trinajstić information content (AvgIpc) is 2.74. The molecular formula is C23H26F4N2O2. The first kappa shape index (κ1) is 23.2. The Kier molecular flexibility index (Phi) is 7.01. The number of nitrogens with one attached hydrogen (secondary N) is 1. The van der Waals surface area contributed by atoms with Gasteiger partial charge in [0.2, 0.25) is 0 Å². The Morgan fingerprint density at radius 1 is 1.16 bits per heavy atom. The highest BCUT2D eigenvalue weighted by Crippen LogP contribution is 2.36. The van der Waals surface area contributed by atoms with Crippen molar-refractivity contribution >= 4 is 11.5 Å². The van der Waals surface area contributed by atoms with Crippen LogP contribution in [-0.4, -0.2) is 42.5 Å². The number of alkyl halides is 3. The van der Waals surface area contributed by atoms with E-state index in [1.165, 1.54) is 24.3 Å². The van der Waals surface area contributed by atoms with Gasteiger partial charge >= 0.3 is 6.18 Å². The molecule has 2 aromatic carbocycles. The number of rotatable bonds is 7. The lowest BCUT2D eigenvalue weighted by Crippen LogP contribution is -2.43. The van der Waals surface area contributed by atoms with E-state index in [4.69, 9.17) is 0 Å². The number of hydrogen-bond donors (Lipinski definition) is 2. The largest absolute Gasteiger partial charge is 0.416 e. The van der Waals surface area contributed by atoms with Crippen molar-refractivity contribution in [3.63, 3.8) is 0 Å². The van der Waals surface area contributed by atoms with Gasteiger partial charge in [0.25, 0.3) is 0 Å². The maximum absolute atomic E-state index is 14.0. The number of carbonyl (C=O) groups is 1. The van der Waals surface area contributed by atoms with Crippen molar-refractivity contribution in [2.45, 2.75) is 37.5 Å². The molecule has 0 aromatic heterocycles. The summed E-state index contributed by atoms with van der Waals surface area (Å²) in [5.74, 6) is -0.821. The molecule has 2 aromatic rings. The number of hydrogen-bond acceptors (Lipinski definition) is 4. The summed E-state index contributed by atoms with van der Waals surface area (Å²) in [6.45, 7) is 1.61. The molecule has 0 saturated carbocycles. The molecule has 8 heteroatoms. The summed E-state index contributed by atoms with van der Waals surface area (Å²) in [4.78, 5) is 14.4. The summed E-state index contributed by atoms with van der Waals surface area (Å²) in [7, 11) is 1.67. The van der Waals surface area contributed by atoms with Crippen molar-refractivity contribution in [2.24, 2.45) is 0 Å². The van der Waals surface area contributed by atoms with E-state index >= 15 is 0 Å². The van der Waals surface area contributed by atoms with E-state index in [2.05, 4.69) is 10.2 Å². The Morgan fingerprint density at radius 2 is 1.87 bits per heavy atom. The zero-order valence-corrected chi connectivity index (χ0v) is 17.3. The second-order valence-corrected chi connectivity index (χ2v) is 7.92. The number of benzene rings is 2. The Hall–Kier alpha value is -2.45. The normalized spacial score (nSPS) is 16.8. The van der Waals surface area contributed by atoms with Gasteiger partial charge in [-0.2, -0.15) is 13.2 Å². The zero-order valence-electron chi connectivity index (χ0n) is 17.3. The number of piperidine rings is 1. The van der Waals surface area contributed by atoms with Gasteiger partial charge in [-0.25, -0.2) is 4.39 Å². The lowest BCUT2D eigenvalue weighted by molar-refractivity contribution is -0.137. The van der Waals surface area contributed by atoms with Gasteiger partial charge < -0.3 is 15.3 Å². The maximum atomic E-state index is 14.0. The molecule has 1 heterocycles. The van der Waals surface area contributed by atoms with Crippen LogP contribution in [0.2, 0.25) is 0 Å². The van der Waals surface area contributed by atoms with Crippen molar-refractivity contribution < 1.29 is 27.5 Å². The Morgan fingerprint density at radius 3 is 2.48 bits per heavy atom. The SMILES string of the molecule is CNc1ccc(C(=O)CCCN2CCC(O)(c3cccc(C(F)(F)F)c3)CC2)c(F)c1. The minimum absolute atomic E-state index is 0.0663. The van der Waals surface area contributed by atoms with Gasteiger partial charge in [0.1, 0.15) is 5.82 Å². The van der Waals surface area contributed by atoms with Crippen LogP contribution >= 0.6 is 0 Å². The number of nitrogens with zero attached hydrogens (tertiary/aromatic N) is 1. The summed E-state index contributed by atoms with van der Waals surface area (Å²) in [5, 5.41) is 13.7. The van der Waals surface area contributed by atoms with E-state index in [0.29, 0.717) is 44.6 Å². The summed E-state index contributed by atoms with van der Waals surface area (Å²) in [6, 6.07) is 9.26. The number of aliphatic hydroxyl groups is 1. The van der Waals surface area contributed by atoms with Crippen LogP contribution in [0.1, 0.15) is 47.2 Å². The second kappa shape index (κ2) is 9.36. The Balaban J connectivity index is 1.51. The summed E-state index contributed by atoms with van der Waals surface area (Å²) in [6.07, 6.45) is -3.10. The van der Waals surface area contributed by atoms with Gasteiger partial charge in [0.05, 0.1) is 16.7 Å². The van der Waals surface area contributed by atoms with Gasteiger partial charge in [0, 0.05) is 32.2 Å². The van der Waals surface area contributed by atoms with E-state index in [9.17, 15) is 27.5 Å². The molecular weight excluding hydrogens is 412 g/mol. The summed E-state index contributed by atoms with van der Waals surface area (Å²) in [5.41, 5.74) is -1.13. The third kappa shape index (κ3) is 5.62. The van der Waals surface area contributed by atoms with Crippen molar-refractivity contribution in [3.8, 4) is 0 Å². The Labute approximate surface area is 178 Å². The predicted molar refractivity (Wildman–Crippen MR) is 111 cm³/mol. The minimum Gasteiger partial charge on any atom is -0.388 e. The fraction of sp³-hybridized carbons (Fsp3) is 0.435. The lowest BCUT2D eigenvalue weighted by Gasteiger charge is -2.38. The standard InChI is InChI=1S/C23H26F4N2O2/c1-28-18-7-8-19(20(24)15-18)21(30)6-3-11-29-12-9-22(31,10-13-29)16-4-2-5-17(14-16)23(25,26)27/h2,4-5,7-8,14-15,28,31H,3,6,9-13H2,1H3. The van der Waals surface area contributed by atoms with Crippen LogP contribution in [0.3, 0.4) is 0 Å². The number of halogens is 4. The molecule has 4 nitrogen and oxygen atoms in total. The van der Waals surface area contributed by atoms with Gasteiger partial charge in [-0.15, -0.1) is 0 Å². The average molecular weight is 438 g/mol. The molecule has 168 valence electrons. The first-order chi connectivity index (χ1) is 14.6. The smallest absolute Gasteiger partial charge is 0.388 e. The van der Waals surface area contributed by atoms with Crippen LogP contribution in [0.15, 0.2) is 42.5 Å². The fourth-order valence-electron chi connectivity index (χ4n) is 3.91. The molecule has 1 aliphatic heterocycles. The minimum atomic E-state index is -4.45. The van der Waals surface area contributed by atoms with E-state index < -0.39 is 23.2 Å². The molecule has 0 atom stereocenters. The Bertz CT molecular complexity index is 922. The fourth-order valence-corrected chi connectivity index (χ4v) is 3.91. The molecule has 1 aliphatic rings. The van der Waals surface area contributed by atoms with Gasteiger partial charge in [-0.3, -0.25) is 4.79 Å². The topological polar surface area (TPSA) is 52.6 Å². The maximum Gasteiger partial charge on any atom is 0.416 e. The highest BCUT2D eigenvalue weighted by molar-refractivity contribution is 5.96. The van der Waals surface area contributed by atoms with Crippen molar-refractivity contribution in [3.05, 3.63) is 65.0 Å². The molecule has 0 aliphatic carbocycles.